The van der Waals surface area contributed by atoms with E-state index < -0.39 is 11.9 Å². The number of nitrogens with one attached hydrogen (secondary N) is 1. The molecule has 4 rings (SSSR count). The molecular formula is C28H32N2O6. The number of rotatable bonds is 10. The summed E-state index contributed by atoms with van der Waals surface area (Å²) in [5.41, 5.74) is 1.07. The van der Waals surface area contributed by atoms with Crippen LogP contribution in [0.2, 0.25) is 0 Å². The fourth-order valence-electron chi connectivity index (χ4n) is 4.52. The Bertz CT molecular complexity index is 1130. The zero-order valence-electron chi connectivity index (χ0n) is 20.9. The van der Waals surface area contributed by atoms with Gasteiger partial charge < -0.3 is 23.9 Å². The number of carbonyl (C=O) groups is 2. The van der Waals surface area contributed by atoms with E-state index in [0.717, 1.165) is 25.7 Å². The first-order valence-electron chi connectivity index (χ1n) is 12.2. The third kappa shape index (κ3) is 5.64. The van der Waals surface area contributed by atoms with E-state index in [-0.39, 0.29) is 17.7 Å². The second kappa shape index (κ2) is 11.7. The lowest BCUT2D eigenvalue weighted by molar-refractivity contribution is -0.123. The van der Waals surface area contributed by atoms with E-state index in [1.807, 2.05) is 19.1 Å². The molecule has 1 heterocycles. The van der Waals surface area contributed by atoms with Crippen molar-refractivity contribution in [2.75, 3.05) is 25.7 Å². The number of hydrogen-bond donors (Lipinski definition) is 1. The molecule has 1 aromatic heterocycles. The number of benzene rings is 2. The van der Waals surface area contributed by atoms with Crippen LogP contribution in [0, 0.1) is 0 Å². The minimum Gasteiger partial charge on any atom is -0.497 e. The highest BCUT2D eigenvalue weighted by atomic mass is 16.5. The van der Waals surface area contributed by atoms with Crippen LogP contribution in [0.25, 0.3) is 0 Å². The standard InChI is InChI=1S/C28H32N2O6/c1-4-35-22-13-11-19(12-14-22)26(27(31)29-20-8-5-6-9-20)30(28(32)25-10-7-15-36-25)21-16-23(33-2)18-24(17-21)34-3/h7,10-18,20,26H,4-6,8-9H2,1-3H3,(H,29,31). The summed E-state index contributed by atoms with van der Waals surface area (Å²) < 4.78 is 22.0. The monoisotopic (exact) mass is 492 g/mol. The van der Waals surface area contributed by atoms with Crippen molar-refractivity contribution in [1.29, 1.82) is 0 Å². The van der Waals surface area contributed by atoms with Crippen LogP contribution in [0.5, 0.6) is 17.2 Å². The van der Waals surface area contributed by atoms with Gasteiger partial charge in [0.2, 0.25) is 5.91 Å². The van der Waals surface area contributed by atoms with Gasteiger partial charge in [-0.2, -0.15) is 0 Å². The van der Waals surface area contributed by atoms with E-state index in [2.05, 4.69) is 5.32 Å². The minimum atomic E-state index is -0.976. The van der Waals surface area contributed by atoms with E-state index in [9.17, 15) is 9.59 Å². The summed E-state index contributed by atoms with van der Waals surface area (Å²) in [5.74, 6) is 1.04. The minimum absolute atomic E-state index is 0.0723. The molecule has 2 amide bonds. The van der Waals surface area contributed by atoms with Gasteiger partial charge in [-0.25, -0.2) is 0 Å². The van der Waals surface area contributed by atoms with Crippen molar-refractivity contribution >= 4 is 17.5 Å². The number of carbonyl (C=O) groups excluding carboxylic acids is 2. The Morgan fingerprint density at radius 3 is 2.22 bits per heavy atom. The number of methoxy groups -OCH3 is 2. The van der Waals surface area contributed by atoms with E-state index in [1.54, 1.807) is 42.5 Å². The highest BCUT2D eigenvalue weighted by molar-refractivity contribution is 6.09. The number of hydrogen-bond acceptors (Lipinski definition) is 6. The lowest BCUT2D eigenvalue weighted by Gasteiger charge is -2.32. The fraction of sp³-hybridized carbons (Fsp3) is 0.357. The molecule has 3 aromatic rings. The molecule has 190 valence electrons. The summed E-state index contributed by atoms with van der Waals surface area (Å²) in [6.07, 6.45) is 5.41. The molecule has 0 bridgehead atoms. The van der Waals surface area contributed by atoms with Gasteiger partial charge in [0.1, 0.15) is 23.3 Å². The summed E-state index contributed by atoms with van der Waals surface area (Å²) in [7, 11) is 3.07. The third-order valence-corrected chi connectivity index (χ3v) is 6.28. The van der Waals surface area contributed by atoms with Crippen molar-refractivity contribution in [2.45, 2.75) is 44.7 Å². The molecule has 0 spiro atoms. The smallest absolute Gasteiger partial charge is 0.294 e. The highest BCUT2D eigenvalue weighted by Gasteiger charge is 2.36. The van der Waals surface area contributed by atoms with Crippen molar-refractivity contribution in [3.05, 3.63) is 72.2 Å². The molecule has 1 unspecified atom stereocenters. The molecule has 1 fully saturated rings. The van der Waals surface area contributed by atoms with Crippen molar-refractivity contribution in [2.24, 2.45) is 0 Å². The molecular weight excluding hydrogens is 460 g/mol. The molecule has 1 N–H and O–H groups in total. The second-order valence-electron chi connectivity index (χ2n) is 8.62. The number of anilines is 1. The average Bonchev–Trinajstić information content (AvgIpc) is 3.62. The lowest BCUT2D eigenvalue weighted by Crippen LogP contribution is -2.46. The van der Waals surface area contributed by atoms with Crippen LogP contribution < -0.4 is 24.4 Å². The summed E-state index contributed by atoms with van der Waals surface area (Å²) in [4.78, 5) is 29.2. The third-order valence-electron chi connectivity index (χ3n) is 6.28. The highest BCUT2D eigenvalue weighted by Crippen LogP contribution is 2.36. The summed E-state index contributed by atoms with van der Waals surface area (Å²) >= 11 is 0. The predicted octanol–water partition coefficient (Wildman–Crippen LogP) is 5.14. The van der Waals surface area contributed by atoms with Crippen LogP contribution >= 0.6 is 0 Å². The van der Waals surface area contributed by atoms with Gasteiger partial charge in [0.25, 0.3) is 5.91 Å². The van der Waals surface area contributed by atoms with Gasteiger partial charge in [-0.15, -0.1) is 0 Å². The Labute approximate surface area is 211 Å². The Morgan fingerprint density at radius 1 is 1.00 bits per heavy atom. The summed E-state index contributed by atoms with van der Waals surface area (Å²) in [6, 6.07) is 14.7. The van der Waals surface area contributed by atoms with Crippen LogP contribution in [0.15, 0.2) is 65.3 Å². The van der Waals surface area contributed by atoms with Gasteiger partial charge in [-0.3, -0.25) is 14.5 Å². The fourth-order valence-corrected chi connectivity index (χ4v) is 4.52. The van der Waals surface area contributed by atoms with Crippen LogP contribution in [0.3, 0.4) is 0 Å². The SMILES string of the molecule is CCOc1ccc(C(C(=O)NC2CCCC2)N(C(=O)c2ccco2)c2cc(OC)cc(OC)c2)cc1. The van der Waals surface area contributed by atoms with Crippen molar-refractivity contribution in [3.63, 3.8) is 0 Å². The van der Waals surface area contributed by atoms with E-state index in [0.29, 0.717) is 35.1 Å². The largest absolute Gasteiger partial charge is 0.497 e. The van der Waals surface area contributed by atoms with E-state index >= 15 is 0 Å². The number of furan rings is 1. The first-order valence-corrected chi connectivity index (χ1v) is 12.2. The molecule has 1 atom stereocenters. The van der Waals surface area contributed by atoms with Gasteiger partial charge in [-0.05, 0) is 49.6 Å². The van der Waals surface area contributed by atoms with Crippen molar-refractivity contribution in [1.82, 2.24) is 5.32 Å². The van der Waals surface area contributed by atoms with Gasteiger partial charge >= 0.3 is 0 Å². The van der Waals surface area contributed by atoms with E-state index in [4.69, 9.17) is 18.6 Å². The first kappa shape index (κ1) is 25.2. The van der Waals surface area contributed by atoms with Crippen molar-refractivity contribution in [3.8, 4) is 17.2 Å². The second-order valence-corrected chi connectivity index (χ2v) is 8.62. The molecule has 1 aliphatic carbocycles. The number of ether oxygens (including phenoxy) is 3. The van der Waals surface area contributed by atoms with Gasteiger partial charge in [0, 0.05) is 24.2 Å². The molecule has 8 nitrogen and oxygen atoms in total. The summed E-state index contributed by atoms with van der Waals surface area (Å²) in [6.45, 7) is 2.43. The first-order chi connectivity index (χ1) is 17.5. The molecule has 0 aliphatic heterocycles. The van der Waals surface area contributed by atoms with E-state index in [1.165, 1.54) is 25.4 Å². The molecule has 2 aromatic carbocycles. The van der Waals surface area contributed by atoms with Gasteiger partial charge in [0.15, 0.2) is 5.76 Å². The zero-order chi connectivity index (χ0) is 25.5. The van der Waals surface area contributed by atoms with Gasteiger partial charge in [0.05, 0.1) is 32.8 Å². The molecule has 1 aliphatic rings. The van der Waals surface area contributed by atoms with Gasteiger partial charge in [-0.1, -0.05) is 25.0 Å². The number of nitrogens with zero attached hydrogens (tertiary/aromatic N) is 1. The Kier molecular flexibility index (Phi) is 8.15. The van der Waals surface area contributed by atoms with Crippen LogP contribution in [-0.4, -0.2) is 38.7 Å². The Hall–Kier alpha value is -3.94. The topological polar surface area (TPSA) is 90.2 Å². The maximum atomic E-state index is 13.9. The average molecular weight is 493 g/mol. The maximum absolute atomic E-state index is 13.9. The molecule has 0 saturated heterocycles. The molecule has 0 radical (unpaired) electrons. The number of amides is 2. The van der Waals surface area contributed by atoms with Crippen LogP contribution in [-0.2, 0) is 4.79 Å². The van der Waals surface area contributed by atoms with Crippen LogP contribution in [0.1, 0.15) is 54.8 Å². The Morgan fingerprint density at radius 2 is 1.67 bits per heavy atom. The molecule has 36 heavy (non-hydrogen) atoms. The van der Waals surface area contributed by atoms with Crippen LogP contribution in [0.4, 0.5) is 5.69 Å². The lowest BCUT2D eigenvalue weighted by atomic mass is 10.0. The zero-order valence-corrected chi connectivity index (χ0v) is 20.9. The molecule has 8 heteroatoms. The Balaban J connectivity index is 1.84. The quantitative estimate of drug-likeness (QED) is 0.421. The predicted molar refractivity (Wildman–Crippen MR) is 136 cm³/mol. The summed E-state index contributed by atoms with van der Waals surface area (Å²) in [5, 5.41) is 3.17. The normalized spacial score (nSPS) is 14.2. The van der Waals surface area contributed by atoms with Crippen molar-refractivity contribution < 1.29 is 28.2 Å². The maximum Gasteiger partial charge on any atom is 0.294 e. The molecule has 1 saturated carbocycles.